The largest absolute Gasteiger partial charge is 0.497 e. The Labute approximate surface area is 144 Å². The van der Waals surface area contributed by atoms with E-state index in [-0.39, 0.29) is 12.4 Å². The molecule has 2 unspecified atom stereocenters. The lowest BCUT2D eigenvalue weighted by Gasteiger charge is -2.29. The van der Waals surface area contributed by atoms with Crippen LogP contribution in [0, 0.1) is 5.41 Å². The molecule has 1 fully saturated rings. The van der Waals surface area contributed by atoms with Crippen LogP contribution >= 0.6 is 11.3 Å². The quantitative estimate of drug-likeness (QED) is 0.778. The molecule has 0 aliphatic carbocycles. The molecule has 1 aromatic carbocycles. The first kappa shape index (κ1) is 16.5. The average Bonchev–Trinajstić information content (AvgIpc) is 3.23. The Morgan fingerprint density at radius 2 is 2.04 bits per heavy atom. The monoisotopic (exact) mass is 346 g/mol. The van der Waals surface area contributed by atoms with Crippen molar-refractivity contribution in [3.63, 3.8) is 0 Å². The van der Waals surface area contributed by atoms with E-state index in [0.717, 1.165) is 16.9 Å². The van der Waals surface area contributed by atoms with E-state index in [2.05, 4.69) is 0 Å². The Balaban J connectivity index is 1.99. The van der Waals surface area contributed by atoms with Crippen LogP contribution in [-0.4, -0.2) is 26.2 Å². The molecular weight excluding hydrogens is 328 g/mol. The third-order valence-electron chi connectivity index (χ3n) is 4.33. The molecule has 0 amide bonds. The number of methoxy groups -OCH3 is 2. The molecular formula is C18H18O5S. The number of ether oxygens (including phenoxy) is 3. The molecule has 1 aliphatic rings. The van der Waals surface area contributed by atoms with E-state index in [9.17, 15) is 9.59 Å². The molecule has 0 saturated carbocycles. The van der Waals surface area contributed by atoms with Crippen molar-refractivity contribution in [3.8, 4) is 5.75 Å². The predicted molar refractivity (Wildman–Crippen MR) is 88.9 cm³/mol. The highest BCUT2D eigenvalue weighted by atomic mass is 32.1. The minimum absolute atomic E-state index is 0.00617. The Morgan fingerprint density at radius 3 is 2.62 bits per heavy atom. The molecule has 24 heavy (non-hydrogen) atoms. The van der Waals surface area contributed by atoms with Crippen molar-refractivity contribution in [2.75, 3.05) is 14.2 Å². The fraction of sp³-hybridized carbons (Fsp3) is 0.333. The fourth-order valence-electron chi connectivity index (χ4n) is 3.16. The van der Waals surface area contributed by atoms with Crippen molar-refractivity contribution in [2.45, 2.75) is 18.9 Å². The molecule has 0 bridgehead atoms. The maximum Gasteiger partial charge on any atom is 0.316 e. The average molecular weight is 346 g/mol. The van der Waals surface area contributed by atoms with Crippen molar-refractivity contribution < 1.29 is 23.8 Å². The van der Waals surface area contributed by atoms with E-state index in [1.54, 1.807) is 7.11 Å². The molecule has 2 heterocycles. The highest BCUT2D eigenvalue weighted by Gasteiger charge is 2.56. The highest BCUT2D eigenvalue weighted by Crippen LogP contribution is 2.49. The van der Waals surface area contributed by atoms with Gasteiger partial charge >= 0.3 is 11.9 Å². The number of hydrogen-bond acceptors (Lipinski definition) is 6. The second-order valence-electron chi connectivity index (χ2n) is 5.78. The Morgan fingerprint density at radius 1 is 1.29 bits per heavy atom. The van der Waals surface area contributed by atoms with Crippen LogP contribution in [0.25, 0.3) is 0 Å². The smallest absolute Gasteiger partial charge is 0.316 e. The molecule has 1 saturated heterocycles. The summed E-state index contributed by atoms with van der Waals surface area (Å²) in [5.74, 6) is -0.0792. The normalized spacial score (nSPS) is 22.9. The Hall–Kier alpha value is -2.34. The molecule has 2 atom stereocenters. The number of carbonyl (C=O) groups excluding carboxylic acids is 2. The van der Waals surface area contributed by atoms with Crippen molar-refractivity contribution in [3.05, 3.63) is 52.2 Å². The van der Waals surface area contributed by atoms with Crippen molar-refractivity contribution in [2.24, 2.45) is 5.41 Å². The van der Waals surface area contributed by atoms with Crippen LogP contribution in [0.1, 0.15) is 23.7 Å². The molecule has 6 heteroatoms. The van der Waals surface area contributed by atoms with E-state index in [0.29, 0.717) is 6.42 Å². The summed E-state index contributed by atoms with van der Waals surface area (Å²) in [4.78, 5) is 24.7. The number of benzene rings is 1. The highest BCUT2D eigenvalue weighted by molar-refractivity contribution is 7.08. The zero-order valence-electron chi connectivity index (χ0n) is 13.5. The molecule has 0 radical (unpaired) electrons. The van der Waals surface area contributed by atoms with Crippen molar-refractivity contribution >= 4 is 23.3 Å². The van der Waals surface area contributed by atoms with Gasteiger partial charge in [-0.05, 0) is 40.9 Å². The molecule has 126 valence electrons. The number of cyclic esters (lactones) is 1. The summed E-state index contributed by atoms with van der Waals surface area (Å²) >= 11 is 1.50. The van der Waals surface area contributed by atoms with Gasteiger partial charge in [0.1, 0.15) is 17.3 Å². The van der Waals surface area contributed by atoms with Gasteiger partial charge < -0.3 is 14.2 Å². The first-order chi connectivity index (χ1) is 11.6. The van der Waals surface area contributed by atoms with Gasteiger partial charge in [0.2, 0.25) is 0 Å². The summed E-state index contributed by atoms with van der Waals surface area (Å²) in [6.45, 7) is 0. The number of hydrogen-bond donors (Lipinski definition) is 0. The van der Waals surface area contributed by atoms with Gasteiger partial charge in [-0.1, -0.05) is 12.1 Å². The van der Waals surface area contributed by atoms with Gasteiger partial charge in [0.25, 0.3) is 0 Å². The van der Waals surface area contributed by atoms with Gasteiger partial charge in [0.05, 0.1) is 20.6 Å². The summed E-state index contributed by atoms with van der Waals surface area (Å²) in [7, 11) is 2.94. The second kappa shape index (κ2) is 6.65. The van der Waals surface area contributed by atoms with E-state index in [1.807, 2.05) is 41.1 Å². The molecule has 0 N–H and O–H groups in total. The van der Waals surface area contributed by atoms with Gasteiger partial charge in [-0.15, -0.1) is 0 Å². The van der Waals surface area contributed by atoms with E-state index in [4.69, 9.17) is 14.2 Å². The molecule has 5 nitrogen and oxygen atoms in total. The summed E-state index contributed by atoms with van der Waals surface area (Å²) in [6.07, 6.45) is -0.270. The van der Waals surface area contributed by atoms with Gasteiger partial charge in [-0.3, -0.25) is 9.59 Å². The van der Waals surface area contributed by atoms with Crippen LogP contribution in [0.5, 0.6) is 5.75 Å². The SMILES string of the molecule is COC(=O)C1(Cc2ccc(OC)cc2)CC(=O)OC1c1ccsc1. The lowest BCUT2D eigenvalue weighted by atomic mass is 9.74. The lowest BCUT2D eigenvalue weighted by Crippen LogP contribution is -2.37. The molecule has 2 aromatic rings. The van der Waals surface area contributed by atoms with Crippen LogP contribution in [0.4, 0.5) is 0 Å². The molecule has 0 spiro atoms. The van der Waals surface area contributed by atoms with Gasteiger partial charge in [-0.25, -0.2) is 0 Å². The van der Waals surface area contributed by atoms with Crippen molar-refractivity contribution in [1.82, 2.24) is 0 Å². The predicted octanol–water partition coefficient (Wildman–Crippen LogP) is 3.15. The van der Waals surface area contributed by atoms with Gasteiger partial charge in [0.15, 0.2) is 0 Å². The van der Waals surface area contributed by atoms with E-state index < -0.39 is 17.5 Å². The first-order valence-corrected chi connectivity index (χ1v) is 8.46. The van der Waals surface area contributed by atoms with Crippen LogP contribution in [0.3, 0.4) is 0 Å². The number of esters is 2. The summed E-state index contributed by atoms with van der Waals surface area (Å²) in [5, 5.41) is 3.80. The maximum atomic E-state index is 12.6. The number of rotatable bonds is 5. The molecule has 1 aromatic heterocycles. The van der Waals surface area contributed by atoms with Crippen LogP contribution in [0.2, 0.25) is 0 Å². The maximum absolute atomic E-state index is 12.6. The molecule has 3 rings (SSSR count). The standard InChI is InChI=1S/C18H18O5S/c1-21-14-5-3-12(4-6-14)9-18(17(20)22-2)10-15(19)23-16(18)13-7-8-24-11-13/h3-8,11,16H,9-10H2,1-2H3. The van der Waals surface area contributed by atoms with Gasteiger partial charge in [-0.2, -0.15) is 11.3 Å². The van der Waals surface area contributed by atoms with Crippen LogP contribution in [-0.2, 0) is 25.5 Å². The van der Waals surface area contributed by atoms with E-state index in [1.165, 1.54) is 18.4 Å². The van der Waals surface area contributed by atoms with Gasteiger partial charge in [0, 0.05) is 5.56 Å². The number of carbonyl (C=O) groups is 2. The second-order valence-corrected chi connectivity index (χ2v) is 6.56. The first-order valence-electron chi connectivity index (χ1n) is 7.52. The minimum atomic E-state index is -1.05. The zero-order valence-corrected chi connectivity index (χ0v) is 14.3. The van der Waals surface area contributed by atoms with Crippen LogP contribution in [0.15, 0.2) is 41.1 Å². The summed E-state index contributed by atoms with van der Waals surface area (Å²) < 4.78 is 15.7. The summed E-state index contributed by atoms with van der Waals surface area (Å²) in [5.41, 5.74) is 0.686. The fourth-order valence-corrected chi connectivity index (χ4v) is 3.84. The van der Waals surface area contributed by atoms with Crippen LogP contribution < -0.4 is 4.74 Å². The molecule has 1 aliphatic heterocycles. The van der Waals surface area contributed by atoms with E-state index >= 15 is 0 Å². The third kappa shape index (κ3) is 2.89. The zero-order chi connectivity index (χ0) is 17.2. The summed E-state index contributed by atoms with van der Waals surface area (Å²) in [6, 6.07) is 9.31. The lowest BCUT2D eigenvalue weighted by molar-refractivity contribution is -0.157. The Kier molecular flexibility index (Phi) is 4.57. The number of thiophene rings is 1. The Bertz CT molecular complexity index is 722. The topological polar surface area (TPSA) is 61.8 Å². The minimum Gasteiger partial charge on any atom is -0.497 e. The van der Waals surface area contributed by atoms with Crippen molar-refractivity contribution in [1.29, 1.82) is 0 Å². The third-order valence-corrected chi connectivity index (χ3v) is 5.03.